The number of aliphatic hydroxyl groups is 1. The van der Waals surface area contributed by atoms with Crippen molar-refractivity contribution in [2.24, 2.45) is 5.92 Å². The van der Waals surface area contributed by atoms with E-state index in [0.29, 0.717) is 26.2 Å². The summed E-state index contributed by atoms with van der Waals surface area (Å²) in [5, 5.41) is 18.2. The van der Waals surface area contributed by atoms with Gasteiger partial charge in [-0.1, -0.05) is 6.92 Å². The lowest BCUT2D eigenvalue weighted by Gasteiger charge is -2.37. The fourth-order valence-corrected chi connectivity index (χ4v) is 3.02. The summed E-state index contributed by atoms with van der Waals surface area (Å²) in [5.74, 6) is -0.908. The molecule has 7 heteroatoms. The van der Waals surface area contributed by atoms with Crippen molar-refractivity contribution < 1.29 is 19.8 Å². The molecule has 0 aromatic rings. The standard InChI is InChI=1S/C13H23N3O4/c1-10-2-3-16(11(10)12(18)19)13(20)15-6-4-14(5-7-15)8-9-17/h10-11,17H,2-9H2,1H3,(H,18,19). The van der Waals surface area contributed by atoms with E-state index in [2.05, 4.69) is 4.90 Å². The fraction of sp³-hybridized carbons (Fsp3) is 0.846. The number of carbonyl (C=O) groups is 2. The lowest BCUT2D eigenvalue weighted by molar-refractivity contribution is -0.142. The predicted octanol–water partition coefficient (Wildman–Crippen LogP) is -0.489. The van der Waals surface area contributed by atoms with Gasteiger partial charge in [0.25, 0.3) is 0 Å². The normalized spacial score (nSPS) is 27.9. The van der Waals surface area contributed by atoms with E-state index in [1.807, 2.05) is 6.92 Å². The van der Waals surface area contributed by atoms with Gasteiger partial charge in [-0.15, -0.1) is 0 Å². The van der Waals surface area contributed by atoms with Gasteiger partial charge in [0, 0.05) is 39.3 Å². The summed E-state index contributed by atoms with van der Waals surface area (Å²) < 4.78 is 0. The number of aliphatic carboxylic acids is 1. The smallest absolute Gasteiger partial charge is 0.326 e. The van der Waals surface area contributed by atoms with Gasteiger partial charge in [-0.25, -0.2) is 9.59 Å². The minimum Gasteiger partial charge on any atom is -0.480 e. The zero-order valence-electron chi connectivity index (χ0n) is 11.9. The number of nitrogens with zero attached hydrogens (tertiary/aromatic N) is 3. The largest absolute Gasteiger partial charge is 0.480 e. The Morgan fingerprint density at radius 3 is 2.35 bits per heavy atom. The van der Waals surface area contributed by atoms with Crippen molar-refractivity contribution in [1.29, 1.82) is 0 Å². The maximum atomic E-state index is 12.4. The SMILES string of the molecule is CC1CCN(C(=O)N2CCN(CCO)CC2)C1C(=O)O. The highest BCUT2D eigenvalue weighted by Gasteiger charge is 2.41. The molecule has 0 aliphatic carbocycles. The predicted molar refractivity (Wildman–Crippen MR) is 72.4 cm³/mol. The molecule has 0 radical (unpaired) electrons. The third-order valence-corrected chi connectivity index (χ3v) is 4.26. The number of hydrogen-bond acceptors (Lipinski definition) is 4. The molecule has 2 saturated heterocycles. The number of rotatable bonds is 3. The molecule has 2 N–H and O–H groups in total. The van der Waals surface area contributed by atoms with Crippen LogP contribution >= 0.6 is 0 Å². The van der Waals surface area contributed by atoms with Crippen LogP contribution in [0.3, 0.4) is 0 Å². The average molecular weight is 285 g/mol. The van der Waals surface area contributed by atoms with Crippen molar-refractivity contribution in [2.45, 2.75) is 19.4 Å². The van der Waals surface area contributed by atoms with Crippen molar-refractivity contribution in [3.63, 3.8) is 0 Å². The number of likely N-dealkylation sites (tertiary alicyclic amines) is 1. The number of hydrogen-bond donors (Lipinski definition) is 2. The Hall–Kier alpha value is -1.34. The van der Waals surface area contributed by atoms with E-state index in [1.165, 1.54) is 4.90 Å². The molecule has 7 nitrogen and oxygen atoms in total. The molecule has 0 aromatic heterocycles. The van der Waals surface area contributed by atoms with Crippen LogP contribution in [0.5, 0.6) is 0 Å². The molecule has 20 heavy (non-hydrogen) atoms. The summed E-state index contributed by atoms with van der Waals surface area (Å²) in [5.41, 5.74) is 0. The fourth-order valence-electron chi connectivity index (χ4n) is 3.02. The molecule has 114 valence electrons. The maximum absolute atomic E-state index is 12.4. The summed E-state index contributed by atoms with van der Waals surface area (Å²) in [6.07, 6.45) is 0.743. The quantitative estimate of drug-likeness (QED) is 0.731. The van der Waals surface area contributed by atoms with Gasteiger partial charge < -0.3 is 20.0 Å². The first-order chi connectivity index (χ1) is 9.54. The van der Waals surface area contributed by atoms with Crippen LogP contribution in [0.15, 0.2) is 0 Å². The van der Waals surface area contributed by atoms with Crippen LogP contribution in [0, 0.1) is 5.92 Å². The number of carboxylic acids is 1. The van der Waals surface area contributed by atoms with Crippen LogP contribution in [0.25, 0.3) is 0 Å². The monoisotopic (exact) mass is 285 g/mol. The minimum atomic E-state index is -0.915. The first-order valence-electron chi connectivity index (χ1n) is 7.16. The molecule has 2 heterocycles. The highest BCUT2D eigenvalue weighted by Crippen LogP contribution is 2.25. The molecule has 2 aliphatic heterocycles. The number of carboxylic acid groups (broad SMARTS) is 1. The van der Waals surface area contributed by atoms with Gasteiger partial charge in [0.05, 0.1) is 6.61 Å². The topological polar surface area (TPSA) is 84.3 Å². The first-order valence-corrected chi connectivity index (χ1v) is 7.16. The Labute approximate surface area is 118 Å². The van der Waals surface area contributed by atoms with E-state index in [-0.39, 0.29) is 18.6 Å². The molecule has 0 bridgehead atoms. The Kier molecular flexibility index (Phi) is 4.82. The second kappa shape index (κ2) is 6.41. The number of aliphatic hydroxyl groups excluding tert-OH is 1. The number of β-amino-alcohol motifs (C(OH)–C–C–N with tert-alkyl or cyclic N) is 1. The van der Waals surface area contributed by atoms with Crippen LogP contribution in [-0.4, -0.2) is 88.8 Å². The van der Waals surface area contributed by atoms with E-state index in [9.17, 15) is 14.7 Å². The second-order valence-electron chi connectivity index (χ2n) is 5.58. The summed E-state index contributed by atoms with van der Waals surface area (Å²) >= 11 is 0. The maximum Gasteiger partial charge on any atom is 0.326 e. The summed E-state index contributed by atoms with van der Waals surface area (Å²) in [6.45, 7) is 5.80. The van der Waals surface area contributed by atoms with Crippen molar-refractivity contribution in [2.75, 3.05) is 45.9 Å². The highest BCUT2D eigenvalue weighted by atomic mass is 16.4. The van der Waals surface area contributed by atoms with Crippen molar-refractivity contribution in [3.05, 3.63) is 0 Å². The van der Waals surface area contributed by atoms with Crippen molar-refractivity contribution >= 4 is 12.0 Å². The molecule has 2 rings (SSSR count). The van der Waals surface area contributed by atoms with Gasteiger partial charge in [0.15, 0.2) is 0 Å². The van der Waals surface area contributed by atoms with E-state index in [4.69, 9.17) is 5.11 Å². The van der Waals surface area contributed by atoms with Gasteiger partial charge in [0.1, 0.15) is 6.04 Å². The lowest BCUT2D eigenvalue weighted by Crippen LogP contribution is -2.55. The molecular weight excluding hydrogens is 262 g/mol. The van der Waals surface area contributed by atoms with Crippen LogP contribution in [-0.2, 0) is 4.79 Å². The first kappa shape index (κ1) is 15.1. The second-order valence-corrected chi connectivity index (χ2v) is 5.58. The molecular formula is C13H23N3O4. The zero-order chi connectivity index (χ0) is 14.7. The van der Waals surface area contributed by atoms with Crippen LogP contribution < -0.4 is 0 Å². The van der Waals surface area contributed by atoms with Crippen LogP contribution in [0.1, 0.15) is 13.3 Å². The van der Waals surface area contributed by atoms with Crippen molar-refractivity contribution in [1.82, 2.24) is 14.7 Å². The molecule has 2 unspecified atom stereocenters. The molecule has 0 spiro atoms. The van der Waals surface area contributed by atoms with Crippen LogP contribution in [0.4, 0.5) is 4.79 Å². The van der Waals surface area contributed by atoms with E-state index in [0.717, 1.165) is 19.5 Å². The zero-order valence-corrected chi connectivity index (χ0v) is 11.9. The lowest BCUT2D eigenvalue weighted by atomic mass is 10.0. The Bertz CT molecular complexity index is 369. The molecule has 2 aliphatic rings. The van der Waals surface area contributed by atoms with Crippen LogP contribution in [0.2, 0.25) is 0 Å². The van der Waals surface area contributed by atoms with Gasteiger partial charge in [-0.2, -0.15) is 0 Å². The Morgan fingerprint density at radius 1 is 1.15 bits per heavy atom. The third-order valence-electron chi connectivity index (χ3n) is 4.26. The highest BCUT2D eigenvalue weighted by molar-refractivity contribution is 5.83. The molecule has 2 amide bonds. The Morgan fingerprint density at radius 2 is 1.80 bits per heavy atom. The Balaban J connectivity index is 1.93. The number of urea groups is 1. The number of carbonyl (C=O) groups excluding carboxylic acids is 1. The van der Waals surface area contributed by atoms with E-state index < -0.39 is 12.0 Å². The van der Waals surface area contributed by atoms with Gasteiger partial charge >= 0.3 is 12.0 Å². The van der Waals surface area contributed by atoms with E-state index >= 15 is 0 Å². The number of amides is 2. The molecule has 2 fully saturated rings. The molecule has 0 saturated carbocycles. The summed E-state index contributed by atoms with van der Waals surface area (Å²) in [6, 6.07) is -0.858. The van der Waals surface area contributed by atoms with Gasteiger partial charge in [0.2, 0.25) is 0 Å². The molecule has 2 atom stereocenters. The summed E-state index contributed by atoms with van der Waals surface area (Å²) in [4.78, 5) is 29.1. The average Bonchev–Trinajstić information content (AvgIpc) is 2.81. The third kappa shape index (κ3) is 3.04. The van der Waals surface area contributed by atoms with Gasteiger partial charge in [-0.3, -0.25) is 4.90 Å². The van der Waals surface area contributed by atoms with E-state index in [1.54, 1.807) is 4.90 Å². The summed E-state index contributed by atoms with van der Waals surface area (Å²) in [7, 11) is 0. The van der Waals surface area contributed by atoms with Crippen molar-refractivity contribution in [3.8, 4) is 0 Å². The minimum absolute atomic E-state index is 0.00660. The van der Waals surface area contributed by atoms with Gasteiger partial charge in [-0.05, 0) is 12.3 Å². The number of piperazine rings is 1. The molecule has 0 aromatic carbocycles.